The molecule has 1 aromatic rings. The van der Waals surface area contributed by atoms with E-state index in [4.69, 9.17) is 15.2 Å². The average molecular weight is 320 g/mol. The lowest BCUT2D eigenvalue weighted by Gasteiger charge is -2.28. The molecule has 6 heteroatoms. The number of fused-ring (bicyclic) bond motifs is 1. The normalized spacial score (nSPS) is 16.6. The Bertz CT molecular complexity index is 602. The Balaban J connectivity index is 2.11. The first-order valence-electron chi connectivity index (χ1n) is 7.82. The van der Waals surface area contributed by atoms with E-state index in [-0.39, 0.29) is 24.4 Å². The molecule has 2 N–H and O–H groups in total. The zero-order chi connectivity index (χ0) is 17.1. The molecule has 3 atom stereocenters. The first-order valence-corrected chi connectivity index (χ1v) is 7.82. The molecule has 0 saturated heterocycles. The highest BCUT2D eigenvalue weighted by Gasteiger charge is 2.29. The van der Waals surface area contributed by atoms with E-state index in [9.17, 15) is 9.59 Å². The van der Waals surface area contributed by atoms with E-state index in [2.05, 4.69) is 0 Å². The van der Waals surface area contributed by atoms with Crippen molar-refractivity contribution in [2.75, 3.05) is 13.8 Å². The second kappa shape index (κ2) is 7.00. The van der Waals surface area contributed by atoms with Crippen LogP contribution in [0.3, 0.4) is 0 Å². The summed E-state index contributed by atoms with van der Waals surface area (Å²) < 4.78 is 10.5. The summed E-state index contributed by atoms with van der Waals surface area (Å²) in [6.07, 6.45) is 0.811. The van der Waals surface area contributed by atoms with E-state index in [1.54, 1.807) is 32.2 Å². The zero-order valence-electron chi connectivity index (χ0n) is 14.0. The van der Waals surface area contributed by atoms with E-state index in [0.29, 0.717) is 17.1 Å². The minimum Gasteiger partial charge on any atom is -0.454 e. The number of carbonyl (C=O) groups excluding carboxylic acids is 2. The van der Waals surface area contributed by atoms with Gasteiger partial charge in [0.05, 0.1) is 12.1 Å². The Morgan fingerprint density at radius 1 is 1.26 bits per heavy atom. The Labute approximate surface area is 136 Å². The number of ketones is 1. The van der Waals surface area contributed by atoms with Gasteiger partial charge in [0.15, 0.2) is 17.3 Å². The number of hydrogen-bond acceptors (Lipinski definition) is 5. The quantitative estimate of drug-likeness (QED) is 0.809. The maximum Gasteiger partial charge on any atom is 0.240 e. The molecular formula is C17H24N2O4. The average Bonchev–Trinajstić information content (AvgIpc) is 3.05. The zero-order valence-corrected chi connectivity index (χ0v) is 14.0. The van der Waals surface area contributed by atoms with Crippen LogP contribution in [0.1, 0.15) is 37.6 Å². The monoisotopic (exact) mass is 320 g/mol. The number of nitrogens with zero attached hydrogens (tertiary/aromatic N) is 1. The summed E-state index contributed by atoms with van der Waals surface area (Å²) in [4.78, 5) is 26.5. The van der Waals surface area contributed by atoms with E-state index in [1.165, 1.54) is 4.90 Å². The van der Waals surface area contributed by atoms with Crippen molar-refractivity contribution in [1.29, 1.82) is 0 Å². The highest BCUT2D eigenvalue weighted by molar-refractivity contribution is 6.02. The lowest BCUT2D eigenvalue weighted by atomic mass is 9.97. The molecule has 2 rings (SSSR count). The number of amides is 1. The number of likely N-dealkylation sites (N-methyl/N-ethyl adjacent to an activating group) is 1. The lowest BCUT2D eigenvalue weighted by molar-refractivity contribution is -0.133. The van der Waals surface area contributed by atoms with Gasteiger partial charge in [-0.05, 0) is 31.0 Å². The third-order valence-corrected chi connectivity index (χ3v) is 4.51. The van der Waals surface area contributed by atoms with Crippen LogP contribution in [-0.4, -0.2) is 42.5 Å². The largest absolute Gasteiger partial charge is 0.454 e. The maximum atomic E-state index is 12.6. The summed E-state index contributed by atoms with van der Waals surface area (Å²) in [7, 11) is 1.61. The van der Waals surface area contributed by atoms with Gasteiger partial charge in [-0.3, -0.25) is 9.59 Å². The molecule has 0 radical (unpaired) electrons. The number of Topliss-reactive ketones (excluding diaryl/α,β-unsaturated/α-hetero) is 1. The molecule has 126 valence electrons. The number of hydrogen-bond donors (Lipinski definition) is 1. The van der Waals surface area contributed by atoms with Crippen molar-refractivity contribution in [3.8, 4) is 11.5 Å². The third-order valence-electron chi connectivity index (χ3n) is 4.51. The van der Waals surface area contributed by atoms with Gasteiger partial charge in [-0.1, -0.05) is 20.3 Å². The molecule has 0 bridgehead atoms. The predicted molar refractivity (Wildman–Crippen MR) is 86.6 cm³/mol. The van der Waals surface area contributed by atoms with Crippen LogP contribution in [0.15, 0.2) is 18.2 Å². The van der Waals surface area contributed by atoms with Gasteiger partial charge in [0.1, 0.15) is 0 Å². The third kappa shape index (κ3) is 3.47. The number of rotatable bonds is 6. The summed E-state index contributed by atoms with van der Waals surface area (Å²) in [5.74, 6) is 0.861. The molecule has 0 aliphatic carbocycles. The standard InChI is InChI=1S/C17H24N2O4/c1-5-10(2)15(18)17(21)19(4)11(3)16(20)12-6-7-13-14(8-12)23-9-22-13/h6-8,10-11,15H,5,9,18H2,1-4H3/t10-,11?,15-/m0/s1. The van der Waals surface area contributed by atoms with Crippen molar-refractivity contribution in [2.45, 2.75) is 39.3 Å². The molecule has 1 unspecified atom stereocenters. The minimum atomic E-state index is -0.600. The van der Waals surface area contributed by atoms with Crippen molar-refractivity contribution in [3.05, 3.63) is 23.8 Å². The first-order chi connectivity index (χ1) is 10.9. The molecular weight excluding hydrogens is 296 g/mol. The fourth-order valence-electron chi connectivity index (χ4n) is 2.39. The van der Waals surface area contributed by atoms with Gasteiger partial charge < -0.3 is 20.1 Å². The van der Waals surface area contributed by atoms with Crippen LogP contribution in [0, 0.1) is 5.92 Å². The second-order valence-electron chi connectivity index (χ2n) is 5.97. The van der Waals surface area contributed by atoms with Crippen LogP contribution in [0.5, 0.6) is 11.5 Å². The summed E-state index contributed by atoms with van der Waals surface area (Å²) in [5, 5.41) is 0. The van der Waals surface area contributed by atoms with Crippen molar-refractivity contribution >= 4 is 11.7 Å². The Hall–Kier alpha value is -2.08. The van der Waals surface area contributed by atoms with Gasteiger partial charge in [0.25, 0.3) is 0 Å². The topological polar surface area (TPSA) is 81.9 Å². The molecule has 0 spiro atoms. The van der Waals surface area contributed by atoms with Crippen LogP contribution in [0.25, 0.3) is 0 Å². The van der Waals surface area contributed by atoms with Gasteiger partial charge in [0.2, 0.25) is 12.7 Å². The second-order valence-corrected chi connectivity index (χ2v) is 5.97. The van der Waals surface area contributed by atoms with Gasteiger partial charge >= 0.3 is 0 Å². The molecule has 6 nitrogen and oxygen atoms in total. The van der Waals surface area contributed by atoms with Gasteiger partial charge in [-0.15, -0.1) is 0 Å². The van der Waals surface area contributed by atoms with E-state index < -0.39 is 12.1 Å². The molecule has 23 heavy (non-hydrogen) atoms. The van der Waals surface area contributed by atoms with Crippen molar-refractivity contribution in [3.63, 3.8) is 0 Å². The summed E-state index contributed by atoms with van der Waals surface area (Å²) in [6.45, 7) is 5.78. The smallest absolute Gasteiger partial charge is 0.240 e. The number of nitrogens with two attached hydrogens (primary N) is 1. The Kier molecular flexibility index (Phi) is 5.26. The van der Waals surface area contributed by atoms with E-state index >= 15 is 0 Å². The SMILES string of the molecule is CC[C@H](C)[C@H](N)C(=O)N(C)C(C)C(=O)c1ccc2c(c1)OCO2. The first kappa shape index (κ1) is 17.3. The van der Waals surface area contributed by atoms with Crippen molar-refractivity contribution in [1.82, 2.24) is 4.90 Å². The fraction of sp³-hybridized carbons (Fsp3) is 0.529. The fourth-order valence-corrected chi connectivity index (χ4v) is 2.39. The summed E-state index contributed by atoms with van der Waals surface area (Å²) >= 11 is 0. The van der Waals surface area contributed by atoms with E-state index in [1.807, 2.05) is 13.8 Å². The highest BCUT2D eigenvalue weighted by atomic mass is 16.7. The van der Waals surface area contributed by atoms with E-state index in [0.717, 1.165) is 6.42 Å². The molecule has 1 aliphatic heterocycles. The van der Waals surface area contributed by atoms with Crippen LogP contribution in [0.4, 0.5) is 0 Å². The number of ether oxygens (including phenoxy) is 2. The molecule has 0 fully saturated rings. The van der Waals surface area contributed by atoms with Gasteiger partial charge in [-0.25, -0.2) is 0 Å². The van der Waals surface area contributed by atoms with Crippen molar-refractivity contribution < 1.29 is 19.1 Å². The van der Waals surface area contributed by atoms with Gasteiger partial charge in [-0.2, -0.15) is 0 Å². The summed E-state index contributed by atoms with van der Waals surface area (Å²) in [6, 6.07) is 3.83. The molecule has 1 aliphatic rings. The molecule has 1 amide bonds. The molecule has 0 aromatic heterocycles. The Morgan fingerprint density at radius 2 is 1.91 bits per heavy atom. The minimum absolute atomic E-state index is 0.0674. The van der Waals surface area contributed by atoms with Gasteiger partial charge in [0, 0.05) is 12.6 Å². The number of carbonyl (C=O) groups is 2. The predicted octanol–water partition coefficient (Wildman–Crippen LogP) is 1.82. The van der Waals surface area contributed by atoms with Crippen LogP contribution >= 0.6 is 0 Å². The molecule has 1 heterocycles. The molecule has 0 saturated carbocycles. The maximum absolute atomic E-state index is 12.6. The van der Waals surface area contributed by atoms with Crippen LogP contribution in [-0.2, 0) is 4.79 Å². The highest BCUT2D eigenvalue weighted by Crippen LogP contribution is 2.33. The van der Waals surface area contributed by atoms with Crippen molar-refractivity contribution in [2.24, 2.45) is 11.7 Å². The van der Waals surface area contributed by atoms with Crippen LogP contribution < -0.4 is 15.2 Å². The molecule has 1 aromatic carbocycles. The Morgan fingerprint density at radius 3 is 2.57 bits per heavy atom. The lowest BCUT2D eigenvalue weighted by Crippen LogP contribution is -2.50. The van der Waals surface area contributed by atoms with Crippen LogP contribution in [0.2, 0.25) is 0 Å². The summed E-state index contributed by atoms with van der Waals surface area (Å²) in [5.41, 5.74) is 6.47. The number of benzene rings is 1.